The predicted octanol–water partition coefficient (Wildman–Crippen LogP) is 1.16. The minimum Gasteiger partial charge on any atom is -0.328 e. The molecule has 0 N–H and O–H groups in total. The number of hydroxylamine groups is 2. The van der Waals surface area contributed by atoms with Gasteiger partial charge in [0.2, 0.25) is 5.82 Å². The number of benzene rings is 1. The molecule has 0 atom stereocenters. The second-order valence-corrected chi connectivity index (χ2v) is 5.85. The predicted molar refractivity (Wildman–Crippen MR) is 84.2 cm³/mol. The Balaban J connectivity index is 1.45. The SMILES string of the molecule is O=C(Cn1nnc(-c2ccsc2)n1)ON1C(=O)c2ccccc2C1=O. The third-order valence-corrected chi connectivity index (χ3v) is 4.14. The quantitative estimate of drug-likeness (QED) is 0.646. The van der Waals surface area contributed by atoms with Crippen LogP contribution in [0.4, 0.5) is 0 Å². The number of carbonyl (C=O) groups excluding carboxylic acids is 3. The normalized spacial score (nSPS) is 13.2. The van der Waals surface area contributed by atoms with Crippen molar-refractivity contribution in [3.63, 3.8) is 0 Å². The molecule has 25 heavy (non-hydrogen) atoms. The maximum absolute atomic E-state index is 12.1. The third kappa shape index (κ3) is 2.68. The highest BCUT2D eigenvalue weighted by Crippen LogP contribution is 2.22. The fraction of sp³-hybridized carbons (Fsp3) is 0.0667. The number of thiophene rings is 1. The van der Waals surface area contributed by atoms with E-state index in [2.05, 4.69) is 15.4 Å². The molecular formula is C15H9N5O4S. The molecule has 2 amide bonds. The lowest BCUT2D eigenvalue weighted by Crippen LogP contribution is -2.34. The zero-order valence-corrected chi connectivity index (χ0v) is 13.3. The smallest absolute Gasteiger partial charge is 0.328 e. The molecular weight excluding hydrogens is 346 g/mol. The van der Waals surface area contributed by atoms with Crippen molar-refractivity contribution in [2.45, 2.75) is 6.54 Å². The molecule has 1 aromatic carbocycles. The maximum atomic E-state index is 12.1. The van der Waals surface area contributed by atoms with E-state index < -0.39 is 17.8 Å². The molecule has 0 radical (unpaired) electrons. The Morgan fingerprint density at radius 2 is 1.84 bits per heavy atom. The molecule has 3 aromatic rings. The molecule has 0 saturated heterocycles. The molecule has 1 aliphatic heterocycles. The highest BCUT2D eigenvalue weighted by Gasteiger charge is 2.38. The molecule has 0 bridgehead atoms. The van der Waals surface area contributed by atoms with Crippen molar-refractivity contribution in [2.24, 2.45) is 0 Å². The first-order chi connectivity index (χ1) is 12.1. The van der Waals surface area contributed by atoms with Crippen molar-refractivity contribution in [1.82, 2.24) is 25.3 Å². The number of aromatic nitrogens is 4. The Kier molecular flexibility index (Phi) is 3.58. The van der Waals surface area contributed by atoms with Gasteiger partial charge in [-0.2, -0.15) is 16.1 Å². The summed E-state index contributed by atoms with van der Waals surface area (Å²) >= 11 is 1.48. The van der Waals surface area contributed by atoms with Crippen molar-refractivity contribution >= 4 is 29.1 Å². The van der Waals surface area contributed by atoms with Gasteiger partial charge in [0.05, 0.1) is 11.1 Å². The number of carbonyl (C=O) groups is 3. The molecule has 2 aromatic heterocycles. The lowest BCUT2D eigenvalue weighted by atomic mass is 10.1. The first-order valence-electron chi connectivity index (χ1n) is 7.12. The number of nitrogens with zero attached hydrogens (tertiary/aromatic N) is 5. The topological polar surface area (TPSA) is 107 Å². The Morgan fingerprint density at radius 1 is 1.12 bits per heavy atom. The van der Waals surface area contributed by atoms with Crippen molar-refractivity contribution < 1.29 is 19.2 Å². The van der Waals surface area contributed by atoms with Gasteiger partial charge in [0.25, 0.3) is 11.8 Å². The summed E-state index contributed by atoms with van der Waals surface area (Å²) < 4.78 is 0. The van der Waals surface area contributed by atoms with Crippen molar-refractivity contribution in [3.05, 3.63) is 52.2 Å². The second kappa shape index (κ2) is 5.91. The third-order valence-electron chi connectivity index (χ3n) is 3.45. The van der Waals surface area contributed by atoms with Gasteiger partial charge < -0.3 is 4.84 Å². The van der Waals surface area contributed by atoms with Crippen LogP contribution in [0.25, 0.3) is 11.4 Å². The van der Waals surface area contributed by atoms with Crippen LogP contribution in [0.3, 0.4) is 0 Å². The van der Waals surface area contributed by atoms with Gasteiger partial charge in [0, 0.05) is 10.9 Å². The van der Waals surface area contributed by atoms with Crippen LogP contribution in [0.2, 0.25) is 0 Å². The van der Waals surface area contributed by atoms with Crippen LogP contribution in [-0.2, 0) is 16.2 Å². The number of hydrogen-bond acceptors (Lipinski definition) is 8. The van der Waals surface area contributed by atoms with E-state index in [1.807, 2.05) is 16.8 Å². The van der Waals surface area contributed by atoms with E-state index in [9.17, 15) is 14.4 Å². The van der Waals surface area contributed by atoms with Crippen molar-refractivity contribution in [1.29, 1.82) is 0 Å². The first kappa shape index (κ1) is 15.1. The van der Waals surface area contributed by atoms with Gasteiger partial charge in [-0.05, 0) is 28.8 Å². The van der Waals surface area contributed by atoms with Crippen molar-refractivity contribution in [3.8, 4) is 11.4 Å². The van der Waals surface area contributed by atoms with E-state index >= 15 is 0 Å². The molecule has 1 aliphatic rings. The average Bonchev–Trinajstić information content (AvgIpc) is 3.33. The molecule has 9 nitrogen and oxygen atoms in total. The standard InChI is InChI=1S/C15H9N5O4S/c21-12(7-19-17-13(16-18-19)9-5-6-25-8-9)24-20-14(22)10-3-1-2-4-11(10)15(20)23/h1-6,8H,7H2. The Bertz CT molecular complexity index is 946. The summed E-state index contributed by atoms with van der Waals surface area (Å²) in [6.07, 6.45) is 0. The Labute approximate surface area is 144 Å². The highest BCUT2D eigenvalue weighted by molar-refractivity contribution is 7.08. The summed E-state index contributed by atoms with van der Waals surface area (Å²) in [4.78, 5) is 42.2. The number of imide groups is 1. The highest BCUT2D eigenvalue weighted by atomic mass is 32.1. The van der Waals surface area contributed by atoms with E-state index in [-0.39, 0.29) is 17.7 Å². The lowest BCUT2D eigenvalue weighted by molar-refractivity contribution is -0.169. The molecule has 0 saturated carbocycles. The molecule has 3 heterocycles. The minimum atomic E-state index is -0.858. The molecule has 0 fully saturated rings. The summed E-state index contributed by atoms with van der Waals surface area (Å²) in [5.74, 6) is -1.85. The number of tetrazole rings is 1. The number of amides is 2. The van der Waals surface area contributed by atoms with E-state index in [0.717, 1.165) is 10.4 Å². The largest absolute Gasteiger partial charge is 0.356 e. The van der Waals surface area contributed by atoms with Crippen LogP contribution >= 0.6 is 11.3 Å². The van der Waals surface area contributed by atoms with Gasteiger partial charge in [-0.3, -0.25) is 9.59 Å². The molecule has 10 heteroatoms. The fourth-order valence-electron chi connectivity index (χ4n) is 2.31. The van der Waals surface area contributed by atoms with Gasteiger partial charge in [0.15, 0.2) is 6.54 Å². The lowest BCUT2D eigenvalue weighted by Gasteiger charge is -2.11. The summed E-state index contributed by atoms with van der Waals surface area (Å²) in [6.45, 7) is -0.384. The molecule has 0 spiro atoms. The maximum Gasteiger partial charge on any atom is 0.356 e. The average molecular weight is 355 g/mol. The van der Waals surface area contributed by atoms with Crippen LogP contribution < -0.4 is 0 Å². The summed E-state index contributed by atoms with van der Waals surface area (Å²) in [6, 6.07) is 8.06. The van der Waals surface area contributed by atoms with E-state index in [4.69, 9.17) is 4.84 Å². The Hall–Kier alpha value is -3.40. The van der Waals surface area contributed by atoms with Crippen LogP contribution in [0.1, 0.15) is 20.7 Å². The van der Waals surface area contributed by atoms with E-state index in [1.165, 1.54) is 23.5 Å². The van der Waals surface area contributed by atoms with Gasteiger partial charge in [-0.15, -0.1) is 10.2 Å². The minimum absolute atomic E-state index is 0.193. The summed E-state index contributed by atoms with van der Waals surface area (Å²) in [5, 5.41) is 15.8. The first-order valence-corrected chi connectivity index (χ1v) is 8.07. The number of hydrogen-bond donors (Lipinski definition) is 0. The Morgan fingerprint density at radius 3 is 2.48 bits per heavy atom. The van der Waals surface area contributed by atoms with Crippen LogP contribution in [0.5, 0.6) is 0 Å². The monoisotopic (exact) mass is 355 g/mol. The van der Waals surface area contributed by atoms with Crippen LogP contribution in [0, 0.1) is 0 Å². The second-order valence-electron chi connectivity index (χ2n) is 5.07. The van der Waals surface area contributed by atoms with Gasteiger partial charge >= 0.3 is 5.97 Å². The summed E-state index contributed by atoms with van der Waals surface area (Å²) in [7, 11) is 0. The zero-order chi connectivity index (χ0) is 17.4. The molecule has 124 valence electrons. The van der Waals surface area contributed by atoms with Crippen LogP contribution in [0.15, 0.2) is 41.1 Å². The van der Waals surface area contributed by atoms with Crippen molar-refractivity contribution in [2.75, 3.05) is 0 Å². The van der Waals surface area contributed by atoms with E-state index in [0.29, 0.717) is 10.9 Å². The summed E-state index contributed by atoms with van der Waals surface area (Å²) in [5.41, 5.74) is 1.17. The molecule has 0 unspecified atom stereocenters. The van der Waals surface area contributed by atoms with E-state index in [1.54, 1.807) is 12.1 Å². The van der Waals surface area contributed by atoms with Crippen LogP contribution in [-0.4, -0.2) is 43.1 Å². The zero-order valence-electron chi connectivity index (χ0n) is 12.5. The van der Waals surface area contributed by atoms with Gasteiger partial charge in [0.1, 0.15) is 0 Å². The van der Waals surface area contributed by atoms with Gasteiger partial charge in [-0.1, -0.05) is 17.2 Å². The number of fused-ring (bicyclic) bond motifs is 1. The molecule has 4 rings (SSSR count). The fourth-order valence-corrected chi connectivity index (χ4v) is 2.95. The number of rotatable bonds is 4. The molecule has 0 aliphatic carbocycles. The van der Waals surface area contributed by atoms with Gasteiger partial charge in [-0.25, -0.2) is 4.79 Å².